The van der Waals surface area contributed by atoms with Crippen LogP contribution in [0.2, 0.25) is 0 Å². The number of benzene rings is 1. The third-order valence-corrected chi connectivity index (χ3v) is 2.35. The number of H-pyrrole nitrogens is 1. The van der Waals surface area contributed by atoms with Gasteiger partial charge in [-0.05, 0) is 18.2 Å². The topological polar surface area (TPSA) is 48.9 Å². The minimum atomic E-state index is 0.293. The van der Waals surface area contributed by atoms with Gasteiger partial charge < -0.3 is 10.1 Å². The number of nitrogens with one attached hydrogen (secondary N) is 1. The molecule has 0 spiro atoms. The molecule has 0 aliphatic heterocycles. The molecule has 1 aromatic carbocycles. The quantitative estimate of drug-likeness (QED) is 0.682. The van der Waals surface area contributed by atoms with Gasteiger partial charge in [-0.15, -0.1) is 0 Å². The lowest BCUT2D eigenvalue weighted by Crippen LogP contribution is -1.75. The first-order chi connectivity index (χ1) is 8.88. The fourth-order valence-electron chi connectivity index (χ4n) is 1.51. The van der Waals surface area contributed by atoms with Crippen molar-refractivity contribution in [1.29, 1.82) is 0 Å². The molecule has 3 aromatic rings. The van der Waals surface area contributed by atoms with Crippen molar-refractivity contribution >= 4 is 0 Å². The number of hydrogen-bond donors (Lipinski definition) is 2. The number of rotatable bonds is 1. The van der Waals surface area contributed by atoms with Gasteiger partial charge in [-0.25, -0.2) is 0 Å². The summed E-state index contributed by atoms with van der Waals surface area (Å²) in [6.45, 7) is 0. The van der Waals surface area contributed by atoms with E-state index >= 15 is 0 Å². The Morgan fingerprint density at radius 2 is 1.50 bits per heavy atom. The van der Waals surface area contributed by atoms with Crippen molar-refractivity contribution in [1.82, 2.24) is 9.97 Å². The smallest absolute Gasteiger partial charge is 0.141 e. The van der Waals surface area contributed by atoms with Gasteiger partial charge in [0.25, 0.3) is 0 Å². The molecule has 3 heteroatoms. The van der Waals surface area contributed by atoms with E-state index in [2.05, 4.69) is 9.97 Å². The van der Waals surface area contributed by atoms with Crippen LogP contribution in [-0.2, 0) is 0 Å². The second-order valence-corrected chi connectivity index (χ2v) is 3.63. The minimum Gasteiger partial charge on any atom is -0.506 e. The fourth-order valence-corrected chi connectivity index (χ4v) is 1.51. The largest absolute Gasteiger partial charge is 0.506 e. The summed E-state index contributed by atoms with van der Waals surface area (Å²) >= 11 is 0. The molecule has 0 atom stereocenters. The van der Waals surface area contributed by atoms with E-state index in [-0.39, 0.29) is 0 Å². The summed E-state index contributed by atoms with van der Waals surface area (Å²) in [7, 11) is 0. The summed E-state index contributed by atoms with van der Waals surface area (Å²) < 4.78 is 0. The van der Waals surface area contributed by atoms with Gasteiger partial charge >= 0.3 is 0 Å². The standard InChI is InChI=1S/C10H9NO.C5H5N/c12-9-6-7-11-10(9)8-4-2-1-3-5-8;1-2-4-6-5-3-1/h1-7,11-12H;1-5H. The molecule has 0 aliphatic carbocycles. The van der Waals surface area contributed by atoms with Crippen LogP contribution in [0.3, 0.4) is 0 Å². The van der Waals surface area contributed by atoms with Gasteiger partial charge in [0.1, 0.15) is 5.75 Å². The fraction of sp³-hybridized carbons (Fsp3) is 0. The van der Waals surface area contributed by atoms with E-state index in [4.69, 9.17) is 0 Å². The Morgan fingerprint density at radius 1 is 0.833 bits per heavy atom. The molecule has 0 radical (unpaired) electrons. The molecule has 0 unspecified atom stereocenters. The Hall–Kier alpha value is -2.55. The maximum atomic E-state index is 9.37. The molecule has 2 aromatic heterocycles. The van der Waals surface area contributed by atoms with Crippen molar-refractivity contribution in [2.45, 2.75) is 0 Å². The van der Waals surface area contributed by atoms with Gasteiger partial charge in [0.2, 0.25) is 0 Å². The molecule has 0 saturated carbocycles. The summed E-state index contributed by atoms with van der Waals surface area (Å²) in [4.78, 5) is 6.76. The molecule has 0 amide bonds. The van der Waals surface area contributed by atoms with Crippen molar-refractivity contribution < 1.29 is 5.11 Å². The van der Waals surface area contributed by atoms with Crippen LogP contribution in [0.4, 0.5) is 0 Å². The van der Waals surface area contributed by atoms with Gasteiger partial charge in [0, 0.05) is 24.2 Å². The first-order valence-electron chi connectivity index (χ1n) is 5.64. The van der Waals surface area contributed by atoms with Gasteiger partial charge in [-0.2, -0.15) is 0 Å². The molecule has 0 aliphatic rings. The Bertz CT molecular complexity index is 535. The van der Waals surface area contributed by atoms with Crippen LogP contribution >= 0.6 is 0 Å². The van der Waals surface area contributed by atoms with Gasteiger partial charge in [0.05, 0.1) is 5.69 Å². The lowest BCUT2D eigenvalue weighted by molar-refractivity contribution is 0.478. The van der Waals surface area contributed by atoms with E-state index in [0.717, 1.165) is 11.3 Å². The van der Waals surface area contributed by atoms with Crippen LogP contribution in [0.1, 0.15) is 0 Å². The number of nitrogens with zero attached hydrogens (tertiary/aromatic N) is 1. The van der Waals surface area contributed by atoms with Crippen LogP contribution in [0.15, 0.2) is 73.2 Å². The summed E-state index contributed by atoms with van der Waals surface area (Å²) in [5.74, 6) is 0.293. The number of hydrogen-bond acceptors (Lipinski definition) is 2. The Labute approximate surface area is 106 Å². The number of pyridine rings is 1. The second-order valence-electron chi connectivity index (χ2n) is 3.63. The van der Waals surface area contributed by atoms with Crippen molar-refractivity contribution in [3.05, 3.63) is 73.2 Å². The predicted molar refractivity (Wildman–Crippen MR) is 72.1 cm³/mol. The second kappa shape index (κ2) is 6.25. The van der Waals surface area contributed by atoms with E-state index in [9.17, 15) is 5.11 Å². The van der Waals surface area contributed by atoms with Gasteiger partial charge in [0.15, 0.2) is 0 Å². The molecule has 0 fully saturated rings. The van der Waals surface area contributed by atoms with Crippen LogP contribution in [0.25, 0.3) is 11.3 Å². The highest BCUT2D eigenvalue weighted by Crippen LogP contribution is 2.26. The molecule has 18 heavy (non-hydrogen) atoms. The lowest BCUT2D eigenvalue weighted by Gasteiger charge is -1.97. The van der Waals surface area contributed by atoms with E-state index in [1.54, 1.807) is 24.7 Å². The van der Waals surface area contributed by atoms with Crippen molar-refractivity contribution in [3.63, 3.8) is 0 Å². The molecular weight excluding hydrogens is 224 g/mol. The van der Waals surface area contributed by atoms with Crippen molar-refractivity contribution in [3.8, 4) is 17.0 Å². The number of aromatic hydroxyl groups is 1. The Balaban J connectivity index is 0.000000169. The van der Waals surface area contributed by atoms with Crippen LogP contribution in [0, 0.1) is 0 Å². The van der Waals surface area contributed by atoms with Crippen molar-refractivity contribution in [2.75, 3.05) is 0 Å². The van der Waals surface area contributed by atoms with Gasteiger partial charge in [-0.1, -0.05) is 36.4 Å². The summed E-state index contributed by atoms with van der Waals surface area (Å²) in [5.41, 5.74) is 1.77. The highest BCUT2D eigenvalue weighted by Gasteiger charge is 2.02. The third kappa shape index (κ3) is 3.22. The van der Waals surface area contributed by atoms with E-state index in [1.807, 2.05) is 48.5 Å². The molecule has 90 valence electrons. The van der Waals surface area contributed by atoms with E-state index in [0.29, 0.717) is 5.75 Å². The highest BCUT2D eigenvalue weighted by atomic mass is 16.3. The zero-order chi connectivity index (χ0) is 12.6. The van der Waals surface area contributed by atoms with E-state index in [1.165, 1.54) is 0 Å². The number of aromatic nitrogens is 2. The van der Waals surface area contributed by atoms with E-state index < -0.39 is 0 Å². The minimum absolute atomic E-state index is 0.293. The predicted octanol–water partition coefficient (Wildman–Crippen LogP) is 3.47. The number of aromatic amines is 1. The Morgan fingerprint density at radius 3 is 1.94 bits per heavy atom. The molecular formula is C15H14N2O. The van der Waals surface area contributed by atoms with Crippen molar-refractivity contribution in [2.24, 2.45) is 0 Å². The highest BCUT2D eigenvalue weighted by molar-refractivity contribution is 5.65. The zero-order valence-electron chi connectivity index (χ0n) is 9.82. The summed E-state index contributed by atoms with van der Waals surface area (Å²) in [6.07, 6.45) is 5.22. The molecule has 3 rings (SSSR count). The average molecular weight is 238 g/mol. The normalized spacial score (nSPS) is 9.33. The first-order valence-corrected chi connectivity index (χ1v) is 5.64. The lowest BCUT2D eigenvalue weighted by atomic mass is 10.1. The van der Waals surface area contributed by atoms with Gasteiger partial charge in [-0.3, -0.25) is 4.98 Å². The molecule has 2 N–H and O–H groups in total. The molecule has 3 nitrogen and oxygen atoms in total. The summed E-state index contributed by atoms with van der Waals surface area (Å²) in [6, 6.07) is 17.1. The van der Waals surface area contributed by atoms with Crippen LogP contribution in [0.5, 0.6) is 5.75 Å². The first kappa shape index (κ1) is 11.9. The maximum absolute atomic E-state index is 9.37. The van der Waals surface area contributed by atoms with Crippen LogP contribution < -0.4 is 0 Å². The average Bonchev–Trinajstić information content (AvgIpc) is 2.89. The maximum Gasteiger partial charge on any atom is 0.141 e. The zero-order valence-corrected chi connectivity index (χ0v) is 9.82. The monoisotopic (exact) mass is 238 g/mol. The molecule has 2 heterocycles. The third-order valence-electron chi connectivity index (χ3n) is 2.35. The molecule has 0 saturated heterocycles. The summed E-state index contributed by atoms with van der Waals surface area (Å²) in [5, 5.41) is 9.37. The Kier molecular flexibility index (Phi) is 4.14. The molecule has 0 bridgehead atoms. The SMILES string of the molecule is Oc1cc[nH]c1-c1ccccc1.c1ccncc1. The van der Waals surface area contributed by atoms with Crippen LogP contribution in [-0.4, -0.2) is 15.1 Å².